The lowest BCUT2D eigenvalue weighted by atomic mass is 10.0. The van der Waals surface area contributed by atoms with Crippen molar-refractivity contribution in [3.05, 3.63) is 59.2 Å². The first kappa shape index (κ1) is 11.5. The van der Waals surface area contributed by atoms with Gasteiger partial charge in [0.15, 0.2) is 5.78 Å². The Kier molecular flexibility index (Phi) is 3.62. The zero-order chi connectivity index (χ0) is 12.1. The normalized spacial score (nSPS) is 15.5. The molecule has 0 fully saturated rings. The molecule has 0 saturated heterocycles. The predicted molar refractivity (Wildman–Crippen MR) is 63.8 cm³/mol. The Labute approximate surface area is 99.4 Å². The molecule has 2 rings (SSSR count). The molecule has 17 heavy (non-hydrogen) atoms. The quantitative estimate of drug-likeness (QED) is 0.449. The van der Waals surface area contributed by atoms with E-state index in [0.29, 0.717) is 30.6 Å². The van der Waals surface area contributed by atoms with Crippen LogP contribution in [-0.4, -0.2) is 25.3 Å². The highest BCUT2D eigenvalue weighted by Crippen LogP contribution is 2.19. The first-order valence-electron chi connectivity index (χ1n) is 5.34. The molecule has 3 nitrogen and oxygen atoms in total. The second-order valence-corrected chi connectivity index (χ2v) is 3.69. The minimum absolute atomic E-state index is 0.0337. The van der Waals surface area contributed by atoms with E-state index in [1.165, 1.54) is 6.08 Å². The SMILES string of the molecule is O=C/C=C/C1=C(C(=O)c2ccccc2)COC1. The van der Waals surface area contributed by atoms with Crippen LogP contribution in [0.15, 0.2) is 53.6 Å². The number of hydrogen-bond acceptors (Lipinski definition) is 3. The maximum absolute atomic E-state index is 12.2. The maximum atomic E-state index is 12.2. The van der Waals surface area contributed by atoms with Crippen molar-refractivity contribution in [2.75, 3.05) is 13.2 Å². The summed E-state index contributed by atoms with van der Waals surface area (Å²) in [6, 6.07) is 9.06. The van der Waals surface area contributed by atoms with E-state index in [4.69, 9.17) is 4.74 Å². The van der Waals surface area contributed by atoms with Gasteiger partial charge in [-0.15, -0.1) is 0 Å². The Morgan fingerprint density at radius 1 is 1.18 bits per heavy atom. The second-order valence-electron chi connectivity index (χ2n) is 3.69. The molecule has 1 aromatic carbocycles. The number of carbonyl (C=O) groups is 2. The van der Waals surface area contributed by atoms with Crippen LogP contribution in [0.25, 0.3) is 0 Å². The van der Waals surface area contributed by atoms with Crippen LogP contribution in [-0.2, 0) is 9.53 Å². The van der Waals surface area contributed by atoms with Crippen LogP contribution in [0.4, 0.5) is 0 Å². The van der Waals surface area contributed by atoms with Crippen LogP contribution in [0.5, 0.6) is 0 Å². The van der Waals surface area contributed by atoms with E-state index < -0.39 is 0 Å². The van der Waals surface area contributed by atoms with Gasteiger partial charge in [-0.1, -0.05) is 36.4 Å². The first-order valence-corrected chi connectivity index (χ1v) is 5.34. The lowest BCUT2D eigenvalue weighted by Crippen LogP contribution is -2.05. The minimum Gasteiger partial charge on any atom is -0.372 e. The van der Waals surface area contributed by atoms with Gasteiger partial charge in [0.1, 0.15) is 6.29 Å². The van der Waals surface area contributed by atoms with Crippen molar-refractivity contribution >= 4 is 12.1 Å². The third kappa shape index (κ3) is 2.57. The van der Waals surface area contributed by atoms with E-state index >= 15 is 0 Å². The third-order valence-corrected chi connectivity index (χ3v) is 2.58. The smallest absolute Gasteiger partial charge is 0.191 e. The van der Waals surface area contributed by atoms with E-state index in [1.807, 2.05) is 18.2 Å². The summed E-state index contributed by atoms with van der Waals surface area (Å²) < 4.78 is 5.25. The number of allylic oxidation sites excluding steroid dienone is 1. The predicted octanol–water partition coefficient (Wildman–Crippen LogP) is 1.95. The molecule has 0 aromatic heterocycles. The van der Waals surface area contributed by atoms with E-state index in [1.54, 1.807) is 18.2 Å². The summed E-state index contributed by atoms with van der Waals surface area (Å²) in [5.74, 6) is -0.0337. The summed E-state index contributed by atoms with van der Waals surface area (Å²) in [4.78, 5) is 22.4. The van der Waals surface area contributed by atoms with Crippen molar-refractivity contribution in [3.63, 3.8) is 0 Å². The Morgan fingerprint density at radius 2 is 1.94 bits per heavy atom. The largest absolute Gasteiger partial charge is 0.372 e. The molecule has 0 spiro atoms. The molecule has 0 saturated carbocycles. The van der Waals surface area contributed by atoms with Crippen molar-refractivity contribution in [1.29, 1.82) is 0 Å². The molecule has 0 bridgehead atoms. The zero-order valence-corrected chi connectivity index (χ0v) is 9.26. The van der Waals surface area contributed by atoms with Crippen LogP contribution in [0, 0.1) is 0 Å². The number of ketones is 1. The second kappa shape index (κ2) is 5.37. The number of aldehydes is 1. The summed E-state index contributed by atoms with van der Waals surface area (Å²) in [5, 5.41) is 0. The molecule has 1 aromatic rings. The summed E-state index contributed by atoms with van der Waals surface area (Å²) in [6.07, 6.45) is 3.70. The van der Waals surface area contributed by atoms with Crippen molar-refractivity contribution in [3.8, 4) is 0 Å². The van der Waals surface area contributed by atoms with Gasteiger partial charge in [0, 0.05) is 11.1 Å². The fraction of sp³-hybridized carbons (Fsp3) is 0.143. The third-order valence-electron chi connectivity index (χ3n) is 2.58. The summed E-state index contributed by atoms with van der Waals surface area (Å²) in [7, 11) is 0. The molecule has 0 unspecified atom stereocenters. The van der Waals surface area contributed by atoms with E-state index in [9.17, 15) is 9.59 Å². The highest BCUT2D eigenvalue weighted by atomic mass is 16.5. The molecule has 0 radical (unpaired) electrons. The lowest BCUT2D eigenvalue weighted by molar-refractivity contribution is -0.104. The van der Waals surface area contributed by atoms with Crippen LogP contribution in [0.3, 0.4) is 0 Å². The highest BCUT2D eigenvalue weighted by Gasteiger charge is 2.20. The average Bonchev–Trinajstić information content (AvgIpc) is 2.84. The molecular formula is C14H12O3. The van der Waals surface area contributed by atoms with E-state index in [-0.39, 0.29) is 5.78 Å². The van der Waals surface area contributed by atoms with Gasteiger partial charge in [-0.05, 0) is 11.6 Å². The number of hydrogen-bond donors (Lipinski definition) is 0. The topological polar surface area (TPSA) is 43.4 Å². The Hall–Kier alpha value is -2.00. The van der Waals surface area contributed by atoms with Gasteiger partial charge in [-0.3, -0.25) is 9.59 Å². The van der Waals surface area contributed by atoms with Crippen LogP contribution in [0.1, 0.15) is 10.4 Å². The van der Waals surface area contributed by atoms with Crippen molar-refractivity contribution < 1.29 is 14.3 Å². The molecule has 86 valence electrons. The van der Waals surface area contributed by atoms with Gasteiger partial charge in [-0.25, -0.2) is 0 Å². The fourth-order valence-corrected chi connectivity index (χ4v) is 1.72. The van der Waals surface area contributed by atoms with Gasteiger partial charge in [0.2, 0.25) is 0 Å². The van der Waals surface area contributed by atoms with Gasteiger partial charge in [-0.2, -0.15) is 0 Å². The number of ether oxygens (including phenoxy) is 1. The van der Waals surface area contributed by atoms with Crippen molar-refractivity contribution in [2.24, 2.45) is 0 Å². The van der Waals surface area contributed by atoms with Crippen LogP contribution < -0.4 is 0 Å². The first-order chi connectivity index (χ1) is 8.33. The molecule has 0 aliphatic carbocycles. The lowest BCUT2D eigenvalue weighted by Gasteiger charge is -2.01. The number of benzene rings is 1. The molecule has 1 heterocycles. The Balaban J connectivity index is 2.30. The molecule has 0 N–H and O–H groups in total. The van der Waals surface area contributed by atoms with E-state index in [0.717, 1.165) is 5.57 Å². The van der Waals surface area contributed by atoms with Crippen molar-refractivity contribution in [2.45, 2.75) is 0 Å². The molecule has 0 atom stereocenters. The van der Waals surface area contributed by atoms with E-state index in [2.05, 4.69) is 0 Å². The minimum atomic E-state index is -0.0337. The number of Topliss-reactive ketones (excluding diaryl/α,β-unsaturated/α-hetero) is 1. The summed E-state index contributed by atoms with van der Waals surface area (Å²) in [6.45, 7) is 0.699. The summed E-state index contributed by atoms with van der Waals surface area (Å²) >= 11 is 0. The number of carbonyl (C=O) groups excluding carboxylic acids is 2. The van der Waals surface area contributed by atoms with Gasteiger partial charge < -0.3 is 4.74 Å². The van der Waals surface area contributed by atoms with Gasteiger partial charge >= 0.3 is 0 Å². The molecule has 3 heteroatoms. The monoisotopic (exact) mass is 228 g/mol. The van der Waals surface area contributed by atoms with Gasteiger partial charge in [0.25, 0.3) is 0 Å². The number of rotatable bonds is 4. The van der Waals surface area contributed by atoms with Gasteiger partial charge in [0.05, 0.1) is 13.2 Å². The Morgan fingerprint density at radius 3 is 2.65 bits per heavy atom. The molecular weight excluding hydrogens is 216 g/mol. The summed E-state index contributed by atoms with van der Waals surface area (Å²) in [5.41, 5.74) is 2.06. The van der Waals surface area contributed by atoms with Crippen molar-refractivity contribution in [1.82, 2.24) is 0 Å². The van der Waals surface area contributed by atoms with Crippen LogP contribution in [0.2, 0.25) is 0 Å². The standard InChI is InChI=1S/C14H12O3/c15-8-4-7-12-9-17-10-13(12)14(16)11-5-2-1-3-6-11/h1-8H,9-10H2/b7-4+. The Bertz CT molecular complexity index is 483. The van der Waals surface area contributed by atoms with Crippen LogP contribution >= 0.6 is 0 Å². The fourth-order valence-electron chi connectivity index (χ4n) is 1.72. The highest BCUT2D eigenvalue weighted by molar-refractivity contribution is 6.10. The zero-order valence-electron chi connectivity index (χ0n) is 9.26. The molecule has 1 aliphatic heterocycles. The molecule has 1 aliphatic rings. The molecule has 0 amide bonds. The maximum Gasteiger partial charge on any atom is 0.191 e. The average molecular weight is 228 g/mol.